The fraction of sp³-hybridized carbons (Fsp3) is 0.350. The van der Waals surface area contributed by atoms with Gasteiger partial charge in [-0.15, -0.1) is 0 Å². The van der Waals surface area contributed by atoms with Crippen LogP contribution >= 0.6 is 11.6 Å². The van der Waals surface area contributed by atoms with E-state index < -0.39 is 15.9 Å². The highest BCUT2D eigenvalue weighted by Crippen LogP contribution is 2.23. The highest BCUT2D eigenvalue weighted by atomic mass is 35.5. The molecule has 0 aromatic heterocycles. The molecular weight excluding hydrogens is 386 g/mol. The van der Waals surface area contributed by atoms with Gasteiger partial charge in [0.1, 0.15) is 5.75 Å². The largest absolute Gasteiger partial charge is 0.481 e. The zero-order valence-corrected chi connectivity index (χ0v) is 17.4. The molecule has 0 unspecified atom stereocenters. The Labute approximate surface area is 165 Å². The number of nitrogens with one attached hydrogen (secondary N) is 1. The Morgan fingerprint density at radius 2 is 1.81 bits per heavy atom. The molecular formula is C20H24ClNO4S. The summed E-state index contributed by atoms with van der Waals surface area (Å²) < 4.78 is 28.9. The standard InChI is InChI=1S/C20H24ClNO4S/c1-5-19(15-6-9-17(10-7-15)27(4,24)25)22-20(23)14(3)26-16-8-11-18(21)13(2)12-16/h6-12,14,19H,5H2,1-4H3,(H,22,23)/t14-,19+/m0/s1. The summed E-state index contributed by atoms with van der Waals surface area (Å²) in [5, 5.41) is 3.59. The SMILES string of the molecule is CC[C@@H](NC(=O)[C@H](C)Oc1ccc(Cl)c(C)c1)c1ccc(S(C)(=O)=O)cc1. The topological polar surface area (TPSA) is 72.5 Å². The minimum atomic E-state index is -3.25. The van der Waals surface area contributed by atoms with Crippen molar-refractivity contribution in [2.75, 3.05) is 6.26 Å². The van der Waals surface area contributed by atoms with Gasteiger partial charge in [0, 0.05) is 11.3 Å². The van der Waals surface area contributed by atoms with Crippen molar-refractivity contribution in [1.82, 2.24) is 5.32 Å². The normalized spacial score (nSPS) is 13.7. The maximum absolute atomic E-state index is 12.5. The maximum Gasteiger partial charge on any atom is 0.261 e. The van der Waals surface area contributed by atoms with Crippen molar-refractivity contribution in [3.8, 4) is 5.75 Å². The van der Waals surface area contributed by atoms with Gasteiger partial charge in [-0.25, -0.2) is 8.42 Å². The van der Waals surface area contributed by atoms with Gasteiger partial charge in [-0.1, -0.05) is 30.7 Å². The number of amides is 1. The first-order valence-corrected chi connectivity index (χ1v) is 10.9. The van der Waals surface area contributed by atoms with E-state index >= 15 is 0 Å². The van der Waals surface area contributed by atoms with Gasteiger partial charge in [0.2, 0.25) is 0 Å². The fourth-order valence-electron chi connectivity index (χ4n) is 2.61. The van der Waals surface area contributed by atoms with Crippen molar-refractivity contribution in [1.29, 1.82) is 0 Å². The first kappa shape index (κ1) is 21.3. The third kappa shape index (κ3) is 5.71. The van der Waals surface area contributed by atoms with Crippen LogP contribution in [0.1, 0.15) is 37.4 Å². The van der Waals surface area contributed by atoms with E-state index in [0.29, 0.717) is 17.2 Å². The van der Waals surface area contributed by atoms with E-state index in [0.717, 1.165) is 11.1 Å². The number of hydrogen-bond acceptors (Lipinski definition) is 4. The van der Waals surface area contributed by atoms with Crippen LogP contribution in [0.25, 0.3) is 0 Å². The molecule has 7 heteroatoms. The number of sulfone groups is 1. The van der Waals surface area contributed by atoms with Crippen LogP contribution in [0.5, 0.6) is 5.75 Å². The average Bonchev–Trinajstić information content (AvgIpc) is 2.62. The number of carbonyl (C=O) groups excluding carboxylic acids is 1. The quantitative estimate of drug-likeness (QED) is 0.747. The third-order valence-corrected chi connectivity index (χ3v) is 5.80. The molecule has 0 spiro atoms. The summed E-state index contributed by atoms with van der Waals surface area (Å²) in [6.45, 7) is 5.50. The molecule has 27 heavy (non-hydrogen) atoms. The molecule has 1 N–H and O–H groups in total. The Kier molecular flexibility index (Phi) is 6.89. The predicted octanol–water partition coefficient (Wildman–Crippen LogP) is 4.09. The van der Waals surface area contributed by atoms with Crippen LogP contribution < -0.4 is 10.1 Å². The number of rotatable bonds is 7. The number of ether oxygens (including phenoxy) is 1. The van der Waals surface area contributed by atoms with Crippen LogP contribution in [-0.4, -0.2) is 26.7 Å². The lowest BCUT2D eigenvalue weighted by molar-refractivity contribution is -0.128. The molecule has 0 aliphatic carbocycles. The molecule has 0 bridgehead atoms. The number of carbonyl (C=O) groups is 1. The molecule has 146 valence electrons. The van der Waals surface area contributed by atoms with Crippen LogP contribution in [-0.2, 0) is 14.6 Å². The van der Waals surface area contributed by atoms with E-state index in [1.807, 2.05) is 13.8 Å². The monoisotopic (exact) mass is 409 g/mol. The smallest absolute Gasteiger partial charge is 0.261 e. The van der Waals surface area contributed by atoms with Crippen molar-refractivity contribution in [2.45, 2.75) is 44.2 Å². The lowest BCUT2D eigenvalue weighted by Gasteiger charge is -2.21. The molecule has 0 saturated heterocycles. The summed E-state index contributed by atoms with van der Waals surface area (Å²) in [5.74, 6) is 0.326. The molecule has 0 aliphatic heterocycles. The Morgan fingerprint density at radius 3 is 2.33 bits per heavy atom. The average molecular weight is 410 g/mol. The maximum atomic E-state index is 12.5. The van der Waals surface area contributed by atoms with E-state index in [4.69, 9.17) is 16.3 Å². The highest BCUT2D eigenvalue weighted by molar-refractivity contribution is 7.90. The molecule has 5 nitrogen and oxygen atoms in total. The van der Waals surface area contributed by atoms with Crippen LogP contribution in [0.4, 0.5) is 0 Å². The summed E-state index contributed by atoms with van der Waals surface area (Å²) in [6, 6.07) is 11.6. The summed E-state index contributed by atoms with van der Waals surface area (Å²) >= 11 is 6.00. The van der Waals surface area contributed by atoms with Crippen LogP contribution in [0.3, 0.4) is 0 Å². The van der Waals surface area contributed by atoms with Gasteiger partial charge in [-0.05, 0) is 61.7 Å². The molecule has 0 aliphatic rings. The summed E-state index contributed by atoms with van der Waals surface area (Å²) in [5.41, 5.74) is 1.71. The molecule has 2 atom stereocenters. The lowest BCUT2D eigenvalue weighted by Crippen LogP contribution is -2.38. The fourth-order valence-corrected chi connectivity index (χ4v) is 3.35. The number of benzene rings is 2. The minimum Gasteiger partial charge on any atom is -0.481 e. The molecule has 1 amide bonds. The Balaban J connectivity index is 2.06. The molecule has 2 aromatic carbocycles. The Hall–Kier alpha value is -2.05. The van der Waals surface area contributed by atoms with E-state index in [2.05, 4.69) is 5.32 Å². The molecule has 0 fully saturated rings. The number of hydrogen-bond donors (Lipinski definition) is 1. The van der Waals surface area contributed by atoms with Gasteiger partial charge in [-0.2, -0.15) is 0 Å². The van der Waals surface area contributed by atoms with Gasteiger partial charge >= 0.3 is 0 Å². The van der Waals surface area contributed by atoms with Gasteiger partial charge in [0.05, 0.1) is 10.9 Å². The van der Waals surface area contributed by atoms with Crippen molar-refractivity contribution >= 4 is 27.3 Å². The number of halogens is 1. The van der Waals surface area contributed by atoms with Crippen molar-refractivity contribution in [3.05, 3.63) is 58.6 Å². The van der Waals surface area contributed by atoms with Crippen molar-refractivity contribution in [2.24, 2.45) is 0 Å². The second-order valence-electron chi connectivity index (χ2n) is 6.48. The molecule has 0 radical (unpaired) electrons. The van der Waals surface area contributed by atoms with Gasteiger partial charge in [0.15, 0.2) is 15.9 Å². The number of aryl methyl sites for hydroxylation is 1. The summed E-state index contributed by atoms with van der Waals surface area (Å²) in [6.07, 6.45) is 1.14. The zero-order valence-electron chi connectivity index (χ0n) is 15.8. The van der Waals surface area contributed by atoms with Crippen LogP contribution in [0, 0.1) is 6.92 Å². The van der Waals surface area contributed by atoms with E-state index in [1.165, 1.54) is 6.26 Å². The lowest BCUT2D eigenvalue weighted by atomic mass is 10.0. The van der Waals surface area contributed by atoms with E-state index in [-0.39, 0.29) is 16.8 Å². The molecule has 0 saturated carbocycles. The second kappa shape index (κ2) is 8.76. The molecule has 2 aromatic rings. The zero-order chi connectivity index (χ0) is 20.2. The minimum absolute atomic E-state index is 0.232. The van der Waals surface area contributed by atoms with Crippen molar-refractivity contribution < 1.29 is 17.9 Å². The van der Waals surface area contributed by atoms with Crippen molar-refractivity contribution in [3.63, 3.8) is 0 Å². The molecule has 2 rings (SSSR count). The first-order valence-electron chi connectivity index (χ1n) is 8.65. The van der Waals surface area contributed by atoms with Gasteiger partial charge < -0.3 is 10.1 Å². The van der Waals surface area contributed by atoms with Gasteiger partial charge in [-0.3, -0.25) is 4.79 Å². The highest BCUT2D eigenvalue weighted by Gasteiger charge is 2.20. The Morgan fingerprint density at radius 1 is 1.19 bits per heavy atom. The first-order chi connectivity index (χ1) is 12.6. The third-order valence-electron chi connectivity index (χ3n) is 4.25. The molecule has 0 heterocycles. The summed E-state index contributed by atoms with van der Waals surface area (Å²) in [7, 11) is -3.25. The van der Waals surface area contributed by atoms with Crippen LogP contribution in [0.15, 0.2) is 47.4 Å². The van der Waals surface area contributed by atoms with Gasteiger partial charge in [0.25, 0.3) is 5.91 Å². The van der Waals surface area contributed by atoms with E-state index in [9.17, 15) is 13.2 Å². The van der Waals surface area contributed by atoms with Crippen LogP contribution in [0.2, 0.25) is 5.02 Å². The summed E-state index contributed by atoms with van der Waals surface area (Å²) in [4.78, 5) is 12.8. The Bertz CT molecular complexity index is 910. The van der Waals surface area contributed by atoms with E-state index in [1.54, 1.807) is 49.4 Å². The second-order valence-corrected chi connectivity index (χ2v) is 8.90. The predicted molar refractivity (Wildman–Crippen MR) is 107 cm³/mol.